The Hall–Kier alpha value is -1.07. The number of aryl methyl sites for hydroxylation is 1. The van der Waals surface area contributed by atoms with E-state index < -0.39 is 4.84 Å². The van der Waals surface area contributed by atoms with Gasteiger partial charge in [0.05, 0.1) is 0 Å². The van der Waals surface area contributed by atoms with Crippen LogP contribution >= 0.6 is 23.2 Å². The van der Waals surface area contributed by atoms with E-state index in [9.17, 15) is 4.79 Å². The van der Waals surface area contributed by atoms with Crippen molar-refractivity contribution in [2.75, 3.05) is 0 Å². The molecule has 0 fully saturated rings. The Morgan fingerprint density at radius 3 is 2.86 bits per heavy atom. The summed E-state index contributed by atoms with van der Waals surface area (Å²) in [5.41, 5.74) is 1.12. The maximum atomic E-state index is 11.3. The third-order valence-electron chi connectivity index (χ3n) is 1.92. The van der Waals surface area contributed by atoms with Crippen LogP contribution in [0.25, 0.3) is 11.2 Å². The lowest BCUT2D eigenvalue weighted by Gasteiger charge is -2.00. The van der Waals surface area contributed by atoms with Gasteiger partial charge in [0, 0.05) is 7.05 Å². The molecule has 74 valence electrons. The van der Waals surface area contributed by atoms with Crippen LogP contribution in [0.1, 0.15) is 10.5 Å². The number of imidazole rings is 1. The molecule has 5 nitrogen and oxygen atoms in total. The number of H-pyrrole nitrogens is 1. The molecule has 0 atom stereocenters. The van der Waals surface area contributed by atoms with Gasteiger partial charge in [0.15, 0.2) is 10.5 Å². The predicted octanol–water partition coefficient (Wildman–Crippen LogP) is 1.13. The van der Waals surface area contributed by atoms with E-state index in [0.29, 0.717) is 16.9 Å². The highest BCUT2D eigenvalue weighted by molar-refractivity contribution is 6.44. The molecular formula is C7H6Cl2N4O. The van der Waals surface area contributed by atoms with Crippen LogP contribution in [0.4, 0.5) is 0 Å². The Morgan fingerprint density at radius 2 is 2.21 bits per heavy atom. The number of nitrogens with zero attached hydrogens (tertiary/aromatic N) is 3. The van der Waals surface area contributed by atoms with Crippen molar-refractivity contribution in [3.05, 3.63) is 22.5 Å². The van der Waals surface area contributed by atoms with Crippen molar-refractivity contribution in [2.45, 2.75) is 4.84 Å². The number of aromatic nitrogens is 4. The van der Waals surface area contributed by atoms with E-state index in [1.165, 1.54) is 10.9 Å². The molecule has 0 bridgehead atoms. The quantitative estimate of drug-likeness (QED) is 0.751. The van der Waals surface area contributed by atoms with Crippen molar-refractivity contribution in [1.82, 2.24) is 19.5 Å². The van der Waals surface area contributed by atoms with Crippen molar-refractivity contribution in [3.63, 3.8) is 0 Å². The summed E-state index contributed by atoms with van der Waals surface area (Å²) in [6.45, 7) is 0. The number of fused-ring (bicyclic) bond motifs is 1. The van der Waals surface area contributed by atoms with Crippen molar-refractivity contribution < 1.29 is 0 Å². The zero-order valence-corrected chi connectivity index (χ0v) is 8.67. The number of nitrogens with one attached hydrogen (secondary N) is 1. The molecule has 0 unspecified atom stereocenters. The van der Waals surface area contributed by atoms with Crippen LogP contribution in [-0.4, -0.2) is 19.5 Å². The van der Waals surface area contributed by atoms with Crippen molar-refractivity contribution in [2.24, 2.45) is 7.05 Å². The largest absolute Gasteiger partial charge is 0.327 e. The summed E-state index contributed by atoms with van der Waals surface area (Å²) < 4.78 is 1.37. The van der Waals surface area contributed by atoms with E-state index in [-0.39, 0.29) is 5.69 Å². The van der Waals surface area contributed by atoms with Gasteiger partial charge in [0.25, 0.3) is 0 Å². The van der Waals surface area contributed by atoms with Crippen LogP contribution in [-0.2, 0) is 7.05 Å². The van der Waals surface area contributed by atoms with Gasteiger partial charge in [-0.2, -0.15) is 0 Å². The topological polar surface area (TPSA) is 63.6 Å². The predicted molar refractivity (Wildman–Crippen MR) is 53.6 cm³/mol. The third kappa shape index (κ3) is 1.29. The van der Waals surface area contributed by atoms with Crippen molar-refractivity contribution in [3.8, 4) is 0 Å². The summed E-state index contributed by atoms with van der Waals surface area (Å²) in [5.74, 6) is 0. The second-order valence-electron chi connectivity index (χ2n) is 2.75. The fourth-order valence-corrected chi connectivity index (χ4v) is 1.55. The van der Waals surface area contributed by atoms with Crippen LogP contribution in [0.2, 0.25) is 0 Å². The summed E-state index contributed by atoms with van der Waals surface area (Å²) >= 11 is 11.4. The van der Waals surface area contributed by atoms with Gasteiger partial charge in [0.1, 0.15) is 17.5 Å². The Balaban J connectivity index is 2.88. The highest BCUT2D eigenvalue weighted by Crippen LogP contribution is 2.26. The minimum absolute atomic E-state index is 0.268. The number of aromatic amines is 1. The molecule has 2 rings (SSSR count). The molecule has 0 radical (unpaired) electrons. The summed E-state index contributed by atoms with van der Waals surface area (Å²) in [6.07, 6.45) is 1.32. The van der Waals surface area contributed by atoms with Gasteiger partial charge in [-0.1, -0.05) is 23.2 Å². The van der Waals surface area contributed by atoms with Gasteiger partial charge < -0.3 is 4.98 Å². The molecule has 0 saturated heterocycles. The van der Waals surface area contributed by atoms with Crippen LogP contribution in [0.15, 0.2) is 11.1 Å². The number of halogens is 2. The molecule has 0 saturated carbocycles. The first-order valence-corrected chi connectivity index (χ1v) is 4.66. The zero-order chi connectivity index (χ0) is 10.3. The van der Waals surface area contributed by atoms with E-state index in [1.807, 2.05) is 0 Å². The highest BCUT2D eigenvalue weighted by atomic mass is 35.5. The van der Waals surface area contributed by atoms with Gasteiger partial charge in [0.2, 0.25) is 0 Å². The molecule has 0 aliphatic carbocycles. The number of rotatable bonds is 1. The third-order valence-corrected chi connectivity index (χ3v) is 2.33. The van der Waals surface area contributed by atoms with E-state index >= 15 is 0 Å². The van der Waals surface area contributed by atoms with E-state index in [4.69, 9.17) is 23.2 Å². The van der Waals surface area contributed by atoms with E-state index in [2.05, 4.69) is 15.0 Å². The van der Waals surface area contributed by atoms with Crippen LogP contribution in [0.3, 0.4) is 0 Å². The van der Waals surface area contributed by atoms with Gasteiger partial charge in [-0.3, -0.25) is 4.57 Å². The number of hydrogen-bond acceptors (Lipinski definition) is 3. The molecule has 0 amide bonds. The lowest BCUT2D eigenvalue weighted by atomic mass is 10.4. The van der Waals surface area contributed by atoms with E-state index in [0.717, 1.165) is 0 Å². The van der Waals surface area contributed by atoms with Crippen molar-refractivity contribution >= 4 is 34.4 Å². The molecule has 0 spiro atoms. The number of hydrogen-bond donors (Lipinski definition) is 1. The average Bonchev–Trinajstić information content (AvgIpc) is 2.43. The van der Waals surface area contributed by atoms with Crippen LogP contribution < -0.4 is 5.69 Å². The Kier molecular flexibility index (Phi) is 2.20. The highest BCUT2D eigenvalue weighted by Gasteiger charge is 2.14. The SMILES string of the molecule is Cn1c(=O)[nH]c2c(C(Cl)Cl)ncnc21. The first-order valence-electron chi connectivity index (χ1n) is 3.79. The Labute approximate surface area is 88.7 Å². The van der Waals surface area contributed by atoms with Gasteiger partial charge in [-0.25, -0.2) is 14.8 Å². The smallest absolute Gasteiger partial charge is 0.303 e. The van der Waals surface area contributed by atoms with Gasteiger partial charge in [-0.15, -0.1) is 0 Å². The molecular weight excluding hydrogens is 227 g/mol. The second kappa shape index (κ2) is 3.25. The molecule has 0 aliphatic heterocycles. The Bertz CT molecular complexity index is 530. The first kappa shape index (κ1) is 9.48. The molecule has 2 aromatic rings. The average molecular weight is 233 g/mol. The fourth-order valence-electron chi connectivity index (χ4n) is 1.22. The fraction of sp³-hybridized carbons (Fsp3) is 0.286. The first-order chi connectivity index (χ1) is 6.61. The molecule has 0 aromatic carbocycles. The minimum atomic E-state index is -0.779. The summed E-state index contributed by atoms with van der Waals surface area (Å²) in [5, 5.41) is 0. The standard InChI is InChI=1S/C7H6Cl2N4O/c1-13-6-4(12-7(13)14)3(5(8)9)10-2-11-6/h2,5H,1H3,(H,12,14). The lowest BCUT2D eigenvalue weighted by molar-refractivity contribution is 0.877. The molecule has 1 N–H and O–H groups in total. The lowest BCUT2D eigenvalue weighted by Crippen LogP contribution is -2.12. The normalized spacial score (nSPS) is 11.4. The Morgan fingerprint density at radius 1 is 1.50 bits per heavy atom. The summed E-state index contributed by atoms with van der Waals surface area (Å²) in [7, 11) is 1.61. The van der Waals surface area contributed by atoms with Gasteiger partial charge in [-0.05, 0) is 0 Å². The molecule has 0 aliphatic rings. The molecule has 7 heteroatoms. The monoisotopic (exact) mass is 232 g/mol. The second-order valence-corrected chi connectivity index (χ2v) is 3.84. The number of alkyl halides is 2. The van der Waals surface area contributed by atoms with Crippen LogP contribution in [0.5, 0.6) is 0 Å². The van der Waals surface area contributed by atoms with Crippen LogP contribution in [0, 0.1) is 0 Å². The molecule has 2 heterocycles. The summed E-state index contributed by atoms with van der Waals surface area (Å²) in [6, 6.07) is 0. The van der Waals surface area contributed by atoms with Gasteiger partial charge >= 0.3 is 5.69 Å². The maximum Gasteiger partial charge on any atom is 0.327 e. The maximum absolute atomic E-state index is 11.3. The minimum Gasteiger partial charge on any atom is -0.303 e. The van der Waals surface area contributed by atoms with Crippen molar-refractivity contribution in [1.29, 1.82) is 0 Å². The van der Waals surface area contributed by atoms with E-state index in [1.54, 1.807) is 7.05 Å². The molecule has 14 heavy (non-hydrogen) atoms. The zero-order valence-electron chi connectivity index (χ0n) is 7.16. The molecule has 2 aromatic heterocycles. The summed E-state index contributed by atoms with van der Waals surface area (Å²) in [4.78, 5) is 20.9.